The molecule has 0 fully saturated rings. The zero-order valence-corrected chi connectivity index (χ0v) is 12.1. The Bertz CT molecular complexity index is 810. The Morgan fingerprint density at radius 1 is 1.10 bits per heavy atom. The van der Waals surface area contributed by atoms with Gasteiger partial charge in [0.2, 0.25) is 5.82 Å². The molecule has 0 saturated carbocycles. The van der Waals surface area contributed by atoms with Crippen LogP contribution in [0.1, 0.15) is 17.0 Å². The SMILES string of the molecule is Cc1nccc(-c2noc(-c3cc(N)cc(C)c3C)n2)n1. The fraction of sp³-hybridized carbons (Fsp3) is 0.200. The van der Waals surface area contributed by atoms with Crippen LogP contribution in [0.4, 0.5) is 5.69 Å². The lowest BCUT2D eigenvalue weighted by Crippen LogP contribution is -1.93. The van der Waals surface area contributed by atoms with Crippen molar-refractivity contribution in [2.45, 2.75) is 20.8 Å². The summed E-state index contributed by atoms with van der Waals surface area (Å²) in [5.74, 6) is 1.54. The Labute approximate surface area is 122 Å². The Morgan fingerprint density at radius 2 is 1.90 bits per heavy atom. The van der Waals surface area contributed by atoms with Gasteiger partial charge in [0.1, 0.15) is 11.5 Å². The molecule has 106 valence electrons. The van der Waals surface area contributed by atoms with Crippen LogP contribution in [-0.4, -0.2) is 20.1 Å². The Balaban J connectivity index is 2.07. The lowest BCUT2D eigenvalue weighted by atomic mass is 10.0. The number of rotatable bonds is 2. The Hall–Kier alpha value is -2.76. The van der Waals surface area contributed by atoms with Crippen molar-refractivity contribution in [3.63, 3.8) is 0 Å². The van der Waals surface area contributed by atoms with E-state index in [1.807, 2.05) is 32.9 Å². The van der Waals surface area contributed by atoms with Crippen LogP contribution in [-0.2, 0) is 0 Å². The van der Waals surface area contributed by atoms with Crippen LogP contribution in [0.5, 0.6) is 0 Å². The van der Waals surface area contributed by atoms with E-state index in [4.69, 9.17) is 10.3 Å². The van der Waals surface area contributed by atoms with Gasteiger partial charge in [-0.25, -0.2) is 9.97 Å². The predicted molar refractivity (Wildman–Crippen MR) is 79.4 cm³/mol. The molecule has 2 N–H and O–H groups in total. The summed E-state index contributed by atoms with van der Waals surface area (Å²) in [6, 6.07) is 5.51. The highest BCUT2D eigenvalue weighted by Gasteiger charge is 2.15. The Morgan fingerprint density at radius 3 is 2.67 bits per heavy atom. The first kappa shape index (κ1) is 13.2. The molecule has 3 aromatic rings. The molecule has 0 amide bonds. The minimum Gasteiger partial charge on any atom is -0.399 e. The van der Waals surface area contributed by atoms with Crippen molar-refractivity contribution in [3.05, 3.63) is 41.3 Å². The monoisotopic (exact) mass is 281 g/mol. The molecule has 21 heavy (non-hydrogen) atoms. The van der Waals surface area contributed by atoms with Crippen molar-refractivity contribution in [1.29, 1.82) is 0 Å². The van der Waals surface area contributed by atoms with Gasteiger partial charge in [-0.05, 0) is 50.1 Å². The molecule has 0 radical (unpaired) electrons. The minimum absolute atomic E-state index is 0.439. The van der Waals surface area contributed by atoms with Crippen molar-refractivity contribution in [2.75, 3.05) is 5.73 Å². The first-order valence-corrected chi connectivity index (χ1v) is 6.55. The highest BCUT2D eigenvalue weighted by atomic mass is 16.5. The molecule has 0 spiro atoms. The Kier molecular flexibility index (Phi) is 3.13. The summed E-state index contributed by atoms with van der Waals surface area (Å²) >= 11 is 0. The van der Waals surface area contributed by atoms with Crippen molar-refractivity contribution in [2.24, 2.45) is 0 Å². The number of nitrogens with two attached hydrogens (primary N) is 1. The normalized spacial score (nSPS) is 10.8. The zero-order valence-electron chi connectivity index (χ0n) is 12.1. The summed E-state index contributed by atoms with van der Waals surface area (Å²) < 4.78 is 5.36. The number of aromatic nitrogens is 4. The van der Waals surface area contributed by atoms with Gasteiger partial charge in [0.25, 0.3) is 5.89 Å². The highest BCUT2D eigenvalue weighted by molar-refractivity contribution is 5.67. The molecule has 0 atom stereocenters. The van der Waals surface area contributed by atoms with Gasteiger partial charge < -0.3 is 10.3 Å². The first-order chi connectivity index (χ1) is 10.0. The molecular formula is C15H15N5O. The molecule has 0 aliphatic carbocycles. The maximum Gasteiger partial charge on any atom is 0.258 e. The average molecular weight is 281 g/mol. The number of nitrogens with zero attached hydrogens (tertiary/aromatic N) is 4. The van der Waals surface area contributed by atoms with E-state index in [9.17, 15) is 0 Å². The van der Waals surface area contributed by atoms with Crippen LogP contribution in [0, 0.1) is 20.8 Å². The summed E-state index contributed by atoms with van der Waals surface area (Å²) in [6.45, 7) is 5.82. The molecule has 0 aliphatic heterocycles. The summed E-state index contributed by atoms with van der Waals surface area (Å²) in [5, 5.41) is 3.99. The van der Waals surface area contributed by atoms with Crippen LogP contribution in [0.25, 0.3) is 23.0 Å². The number of hydrogen-bond donors (Lipinski definition) is 1. The number of hydrogen-bond acceptors (Lipinski definition) is 6. The van der Waals surface area contributed by atoms with Crippen LogP contribution in [0.3, 0.4) is 0 Å². The van der Waals surface area contributed by atoms with Crippen molar-refractivity contribution >= 4 is 5.69 Å². The van der Waals surface area contributed by atoms with Gasteiger partial charge in [-0.3, -0.25) is 0 Å². The zero-order chi connectivity index (χ0) is 15.0. The first-order valence-electron chi connectivity index (χ1n) is 6.55. The van der Waals surface area contributed by atoms with Crippen LogP contribution < -0.4 is 5.73 Å². The number of anilines is 1. The third kappa shape index (κ3) is 2.47. The predicted octanol–water partition coefficient (Wildman–Crippen LogP) is 2.70. The van der Waals surface area contributed by atoms with Gasteiger partial charge in [-0.15, -0.1) is 0 Å². The maximum absolute atomic E-state index is 5.89. The molecule has 3 rings (SSSR count). The number of benzene rings is 1. The van der Waals surface area contributed by atoms with E-state index in [-0.39, 0.29) is 0 Å². The van der Waals surface area contributed by atoms with Gasteiger partial charge in [0.05, 0.1) is 0 Å². The van der Waals surface area contributed by atoms with Crippen molar-refractivity contribution in [1.82, 2.24) is 20.1 Å². The second-order valence-corrected chi connectivity index (χ2v) is 4.92. The average Bonchev–Trinajstić information content (AvgIpc) is 2.92. The molecule has 0 aliphatic rings. The van der Waals surface area contributed by atoms with E-state index in [0.717, 1.165) is 16.7 Å². The summed E-state index contributed by atoms with van der Waals surface area (Å²) in [4.78, 5) is 12.8. The largest absolute Gasteiger partial charge is 0.399 e. The standard InChI is InChI=1S/C15H15N5O/c1-8-6-11(16)7-12(9(8)2)15-19-14(20-21-15)13-4-5-17-10(3)18-13/h4-7H,16H2,1-3H3. The molecular weight excluding hydrogens is 266 g/mol. The molecule has 6 nitrogen and oxygen atoms in total. The maximum atomic E-state index is 5.89. The van der Waals surface area contributed by atoms with Gasteiger partial charge >= 0.3 is 0 Å². The third-order valence-electron chi connectivity index (χ3n) is 3.35. The fourth-order valence-electron chi connectivity index (χ4n) is 2.13. The second-order valence-electron chi connectivity index (χ2n) is 4.92. The number of nitrogen functional groups attached to an aromatic ring is 1. The topological polar surface area (TPSA) is 90.7 Å². The van der Waals surface area contributed by atoms with Crippen molar-refractivity contribution in [3.8, 4) is 23.0 Å². The van der Waals surface area contributed by atoms with Gasteiger partial charge in [0, 0.05) is 17.4 Å². The van der Waals surface area contributed by atoms with Gasteiger partial charge in [-0.2, -0.15) is 4.98 Å². The third-order valence-corrected chi connectivity index (χ3v) is 3.35. The van der Waals surface area contributed by atoms with E-state index in [1.165, 1.54) is 0 Å². The van der Waals surface area contributed by atoms with Crippen LogP contribution >= 0.6 is 0 Å². The van der Waals surface area contributed by atoms with Crippen LogP contribution in [0.2, 0.25) is 0 Å². The van der Waals surface area contributed by atoms with E-state index < -0.39 is 0 Å². The molecule has 1 aromatic carbocycles. The number of aryl methyl sites for hydroxylation is 2. The van der Waals surface area contributed by atoms with E-state index in [0.29, 0.717) is 28.9 Å². The molecule has 0 saturated heterocycles. The molecule has 6 heteroatoms. The van der Waals surface area contributed by atoms with Crippen molar-refractivity contribution < 1.29 is 4.52 Å². The summed E-state index contributed by atoms with van der Waals surface area (Å²) in [7, 11) is 0. The second kappa shape index (κ2) is 4.97. The smallest absolute Gasteiger partial charge is 0.258 e. The molecule has 0 bridgehead atoms. The molecule has 2 heterocycles. The van der Waals surface area contributed by atoms with E-state index in [2.05, 4.69) is 20.1 Å². The van der Waals surface area contributed by atoms with Gasteiger partial charge in [0.15, 0.2) is 0 Å². The quantitative estimate of drug-likeness (QED) is 0.726. The molecule has 2 aromatic heterocycles. The highest BCUT2D eigenvalue weighted by Crippen LogP contribution is 2.28. The minimum atomic E-state index is 0.439. The fourth-order valence-corrected chi connectivity index (χ4v) is 2.13. The van der Waals surface area contributed by atoms with E-state index in [1.54, 1.807) is 12.3 Å². The summed E-state index contributed by atoms with van der Waals surface area (Å²) in [6.07, 6.45) is 1.67. The van der Waals surface area contributed by atoms with Crippen LogP contribution in [0.15, 0.2) is 28.9 Å². The molecule has 0 unspecified atom stereocenters. The lowest BCUT2D eigenvalue weighted by molar-refractivity contribution is 0.432. The summed E-state index contributed by atoms with van der Waals surface area (Å²) in [5.41, 5.74) is 10.2. The lowest BCUT2D eigenvalue weighted by Gasteiger charge is -2.06. The van der Waals surface area contributed by atoms with E-state index >= 15 is 0 Å². The van der Waals surface area contributed by atoms with Gasteiger partial charge in [-0.1, -0.05) is 5.16 Å².